The number of benzene rings is 1. The van der Waals surface area contributed by atoms with Crippen molar-refractivity contribution in [2.75, 3.05) is 13.7 Å². The molecule has 0 spiro atoms. The highest BCUT2D eigenvalue weighted by molar-refractivity contribution is 5.89. The van der Waals surface area contributed by atoms with Gasteiger partial charge < -0.3 is 24.4 Å². The minimum Gasteiger partial charge on any atom is -0.468 e. The van der Waals surface area contributed by atoms with Gasteiger partial charge in [0.05, 0.1) is 29.3 Å². The number of esters is 3. The Labute approximate surface area is 228 Å². The van der Waals surface area contributed by atoms with Gasteiger partial charge in [-0.05, 0) is 86.8 Å². The summed E-state index contributed by atoms with van der Waals surface area (Å²) in [6, 6.07) is 8.77. The average Bonchev–Trinajstić information content (AvgIpc) is 3.47. The van der Waals surface area contributed by atoms with Crippen LogP contribution in [0.1, 0.15) is 75.1 Å². The molecular formula is C31H38O8. The number of hydrogen-bond acceptors (Lipinski definition) is 8. The number of aliphatic hydroxyl groups is 2. The number of ether oxygens (including phenoxy) is 3. The Morgan fingerprint density at radius 3 is 2.41 bits per heavy atom. The van der Waals surface area contributed by atoms with Crippen LogP contribution >= 0.6 is 0 Å². The van der Waals surface area contributed by atoms with Crippen LogP contribution in [0.5, 0.6) is 0 Å². The summed E-state index contributed by atoms with van der Waals surface area (Å²) in [5.74, 6) is -1.61. The third-order valence-electron chi connectivity index (χ3n) is 11.4. The molecule has 8 nitrogen and oxygen atoms in total. The van der Waals surface area contributed by atoms with E-state index in [0.29, 0.717) is 50.5 Å². The molecule has 0 radical (unpaired) electrons. The molecule has 1 aliphatic heterocycles. The van der Waals surface area contributed by atoms with Gasteiger partial charge in [0.15, 0.2) is 0 Å². The number of fused-ring (bicyclic) bond motifs is 5. The zero-order valence-electron chi connectivity index (χ0n) is 22.7. The molecule has 39 heavy (non-hydrogen) atoms. The molecule has 0 saturated heterocycles. The fourth-order valence-corrected chi connectivity index (χ4v) is 9.53. The molecular weight excluding hydrogens is 500 g/mol. The highest BCUT2D eigenvalue weighted by Crippen LogP contribution is 2.71. The molecule has 8 heteroatoms. The van der Waals surface area contributed by atoms with E-state index in [1.54, 1.807) is 30.3 Å². The topological polar surface area (TPSA) is 119 Å². The van der Waals surface area contributed by atoms with Crippen LogP contribution in [0, 0.1) is 28.6 Å². The van der Waals surface area contributed by atoms with E-state index in [4.69, 9.17) is 14.2 Å². The monoisotopic (exact) mass is 538 g/mol. The van der Waals surface area contributed by atoms with E-state index in [0.717, 1.165) is 12.0 Å². The van der Waals surface area contributed by atoms with Crippen molar-refractivity contribution in [2.45, 2.75) is 82.0 Å². The first-order chi connectivity index (χ1) is 18.6. The quantitative estimate of drug-likeness (QED) is 0.440. The molecule has 4 aliphatic carbocycles. The lowest BCUT2D eigenvalue weighted by Crippen LogP contribution is -2.70. The number of rotatable bonds is 4. The smallest absolute Gasteiger partial charge is 0.338 e. The second-order valence-corrected chi connectivity index (χ2v) is 12.7. The molecule has 0 bridgehead atoms. The standard InChI is InChI=1S/C31H38O8/c1-28-12-9-23-24(31(28,36)15-11-22(28)20-16-25(32)38-18-20)10-13-29(35)17-21(8-14-30(23,29)27(34)37-2)39-26(33)19-6-4-3-5-7-19/h3-7,16,21-24,35-36H,8-15,17-18H2,1-2H3/t21-,22-,23-,24+,28-,29+,30+,31-/m0/s1. The van der Waals surface area contributed by atoms with Gasteiger partial charge in [0, 0.05) is 17.9 Å². The fourth-order valence-electron chi connectivity index (χ4n) is 9.53. The van der Waals surface area contributed by atoms with Crippen molar-refractivity contribution in [1.82, 2.24) is 0 Å². The number of carbonyl (C=O) groups excluding carboxylic acids is 3. The average molecular weight is 539 g/mol. The summed E-state index contributed by atoms with van der Waals surface area (Å²) in [6.07, 6.45) is 5.53. The molecule has 0 amide bonds. The van der Waals surface area contributed by atoms with Crippen LogP contribution in [0.25, 0.3) is 0 Å². The number of cyclic esters (lactones) is 1. The Balaban J connectivity index is 1.29. The Kier molecular flexibility index (Phi) is 6.23. The number of hydrogen-bond donors (Lipinski definition) is 2. The lowest BCUT2D eigenvalue weighted by molar-refractivity contribution is -0.261. The molecule has 8 atom stereocenters. The molecule has 6 rings (SSSR count). The summed E-state index contributed by atoms with van der Waals surface area (Å²) in [7, 11) is 1.36. The minimum absolute atomic E-state index is 0.0397. The van der Waals surface area contributed by atoms with Crippen molar-refractivity contribution in [2.24, 2.45) is 28.6 Å². The largest absolute Gasteiger partial charge is 0.468 e. The van der Waals surface area contributed by atoms with Crippen molar-refractivity contribution >= 4 is 17.9 Å². The van der Waals surface area contributed by atoms with Gasteiger partial charge in [-0.3, -0.25) is 4.79 Å². The normalized spacial score (nSPS) is 42.9. The van der Waals surface area contributed by atoms with Gasteiger partial charge >= 0.3 is 17.9 Å². The molecule has 4 saturated carbocycles. The van der Waals surface area contributed by atoms with Gasteiger partial charge in [-0.1, -0.05) is 25.1 Å². The highest BCUT2D eigenvalue weighted by atomic mass is 16.5. The summed E-state index contributed by atoms with van der Waals surface area (Å²) in [6.45, 7) is 2.40. The number of methoxy groups -OCH3 is 1. The van der Waals surface area contributed by atoms with Crippen LogP contribution in [0.15, 0.2) is 42.0 Å². The van der Waals surface area contributed by atoms with Crippen molar-refractivity contribution in [1.29, 1.82) is 0 Å². The van der Waals surface area contributed by atoms with E-state index < -0.39 is 40.1 Å². The first-order valence-corrected chi connectivity index (χ1v) is 14.2. The van der Waals surface area contributed by atoms with E-state index in [-0.39, 0.29) is 36.8 Å². The summed E-state index contributed by atoms with van der Waals surface area (Å²) in [4.78, 5) is 38.3. The van der Waals surface area contributed by atoms with E-state index in [1.165, 1.54) is 7.11 Å². The maximum Gasteiger partial charge on any atom is 0.338 e. The lowest BCUT2D eigenvalue weighted by Gasteiger charge is -2.65. The summed E-state index contributed by atoms with van der Waals surface area (Å²) >= 11 is 0. The van der Waals surface area contributed by atoms with E-state index in [1.807, 2.05) is 6.07 Å². The molecule has 1 aromatic carbocycles. The minimum atomic E-state index is -1.41. The first-order valence-electron chi connectivity index (χ1n) is 14.2. The molecule has 4 fully saturated rings. The Morgan fingerprint density at radius 2 is 1.72 bits per heavy atom. The van der Waals surface area contributed by atoms with Gasteiger partial charge in [0.2, 0.25) is 0 Å². The SMILES string of the molecule is COC(=O)[C@]12CC[C@H](OC(=O)c3ccccc3)C[C@]1(O)CC[C@@H]1[C@@H]2CC[C@@]2(C)[C@H](C3=CC(=O)OC3)CC[C@]12O. The Bertz CT molecular complexity index is 1210. The predicted octanol–water partition coefficient (Wildman–Crippen LogP) is 3.74. The van der Waals surface area contributed by atoms with Gasteiger partial charge in [-0.2, -0.15) is 0 Å². The molecule has 210 valence electrons. The van der Waals surface area contributed by atoms with Crippen LogP contribution in [0.2, 0.25) is 0 Å². The fraction of sp³-hybridized carbons (Fsp3) is 0.645. The van der Waals surface area contributed by atoms with E-state index in [9.17, 15) is 24.6 Å². The van der Waals surface area contributed by atoms with E-state index >= 15 is 0 Å². The third kappa shape index (κ3) is 3.67. The summed E-state index contributed by atoms with van der Waals surface area (Å²) in [5, 5.41) is 24.7. The lowest BCUT2D eigenvalue weighted by atomic mass is 9.41. The van der Waals surface area contributed by atoms with Crippen LogP contribution in [-0.4, -0.2) is 59.1 Å². The Morgan fingerprint density at radius 1 is 0.974 bits per heavy atom. The van der Waals surface area contributed by atoms with E-state index in [2.05, 4.69) is 6.92 Å². The van der Waals surface area contributed by atoms with Gasteiger partial charge in [0.25, 0.3) is 0 Å². The van der Waals surface area contributed by atoms with Crippen LogP contribution in [0.4, 0.5) is 0 Å². The zero-order chi connectivity index (χ0) is 27.6. The second-order valence-electron chi connectivity index (χ2n) is 12.7. The molecule has 1 heterocycles. The van der Waals surface area contributed by atoms with Crippen molar-refractivity contribution in [3.8, 4) is 0 Å². The van der Waals surface area contributed by atoms with Gasteiger partial charge in [-0.25, -0.2) is 9.59 Å². The summed E-state index contributed by atoms with van der Waals surface area (Å²) in [5.41, 5.74) is -2.67. The van der Waals surface area contributed by atoms with Crippen molar-refractivity contribution < 1.29 is 38.8 Å². The van der Waals surface area contributed by atoms with Crippen LogP contribution < -0.4 is 0 Å². The van der Waals surface area contributed by atoms with Crippen LogP contribution in [-0.2, 0) is 23.8 Å². The second kappa shape index (κ2) is 9.16. The molecule has 2 N–H and O–H groups in total. The highest BCUT2D eigenvalue weighted by Gasteiger charge is 2.74. The predicted molar refractivity (Wildman–Crippen MR) is 139 cm³/mol. The maximum atomic E-state index is 13.7. The van der Waals surface area contributed by atoms with Crippen molar-refractivity contribution in [3.05, 3.63) is 47.5 Å². The van der Waals surface area contributed by atoms with Crippen molar-refractivity contribution in [3.63, 3.8) is 0 Å². The molecule has 5 aliphatic rings. The van der Waals surface area contributed by atoms with Crippen LogP contribution in [0.3, 0.4) is 0 Å². The van der Waals surface area contributed by atoms with Gasteiger partial charge in [-0.15, -0.1) is 0 Å². The first kappa shape index (κ1) is 26.5. The maximum absolute atomic E-state index is 13.7. The molecule has 1 aromatic rings. The molecule has 0 unspecified atom stereocenters. The zero-order valence-corrected chi connectivity index (χ0v) is 22.7. The summed E-state index contributed by atoms with van der Waals surface area (Å²) < 4.78 is 16.4. The van der Waals surface area contributed by atoms with Gasteiger partial charge in [0.1, 0.15) is 12.7 Å². The molecule has 0 aromatic heterocycles. The third-order valence-corrected chi connectivity index (χ3v) is 11.4. The number of carbonyl (C=O) groups is 3. The Hall–Kier alpha value is -2.71.